The van der Waals surface area contributed by atoms with Gasteiger partial charge in [-0.1, -0.05) is 30.7 Å². The fourth-order valence-corrected chi connectivity index (χ4v) is 4.29. The van der Waals surface area contributed by atoms with Crippen molar-refractivity contribution in [3.63, 3.8) is 0 Å². The van der Waals surface area contributed by atoms with Gasteiger partial charge < -0.3 is 4.90 Å². The molecule has 1 atom stereocenters. The molecule has 3 aromatic rings. The highest BCUT2D eigenvalue weighted by Crippen LogP contribution is 2.26. The van der Waals surface area contributed by atoms with Crippen molar-refractivity contribution in [2.24, 2.45) is 4.99 Å². The van der Waals surface area contributed by atoms with Gasteiger partial charge in [0, 0.05) is 43.9 Å². The maximum absolute atomic E-state index is 15.4. The number of pyridine rings is 2. The second kappa shape index (κ2) is 12.6. The summed E-state index contributed by atoms with van der Waals surface area (Å²) in [6.07, 6.45) is 9.30. The number of benzene rings is 1. The van der Waals surface area contributed by atoms with Crippen LogP contribution in [0.15, 0.2) is 70.9 Å². The van der Waals surface area contributed by atoms with Crippen LogP contribution in [0, 0.1) is 18.6 Å². The summed E-state index contributed by atoms with van der Waals surface area (Å²) in [7, 11) is 3.09. The maximum Gasteiger partial charge on any atom is 0.273 e. The van der Waals surface area contributed by atoms with Gasteiger partial charge in [0.2, 0.25) is 0 Å². The molecule has 1 aromatic carbocycles. The predicted molar refractivity (Wildman–Crippen MR) is 148 cm³/mol. The first-order valence-electron chi connectivity index (χ1n) is 11.9. The number of rotatable bonds is 8. The van der Waals surface area contributed by atoms with E-state index in [1.807, 2.05) is 6.92 Å². The SMILES string of the molecule is C/C=C/N=C(/C=C/n1c(C)cc(C(C)Cc2cncc(F)c2)c(Cl)c1=O)c1cccc(C(=O)N(C)C)c1F. The fourth-order valence-electron chi connectivity index (χ4n) is 3.96. The van der Waals surface area contributed by atoms with Crippen molar-refractivity contribution in [3.8, 4) is 0 Å². The number of halogens is 3. The van der Waals surface area contributed by atoms with Gasteiger partial charge in [-0.25, -0.2) is 8.78 Å². The van der Waals surface area contributed by atoms with Gasteiger partial charge in [-0.3, -0.25) is 24.1 Å². The van der Waals surface area contributed by atoms with E-state index in [4.69, 9.17) is 11.6 Å². The fraction of sp³-hybridized carbons (Fsp3) is 0.241. The Labute approximate surface area is 225 Å². The van der Waals surface area contributed by atoms with Crippen LogP contribution in [-0.2, 0) is 6.42 Å². The number of hydrogen-bond acceptors (Lipinski definition) is 4. The third-order valence-corrected chi connectivity index (χ3v) is 6.27. The van der Waals surface area contributed by atoms with E-state index in [1.165, 1.54) is 46.1 Å². The molecule has 0 saturated carbocycles. The van der Waals surface area contributed by atoms with Gasteiger partial charge in [0.25, 0.3) is 11.5 Å². The smallest absolute Gasteiger partial charge is 0.273 e. The van der Waals surface area contributed by atoms with E-state index in [2.05, 4.69) is 9.98 Å². The van der Waals surface area contributed by atoms with Gasteiger partial charge in [0.15, 0.2) is 0 Å². The molecule has 0 aliphatic heterocycles. The van der Waals surface area contributed by atoms with Gasteiger partial charge in [-0.15, -0.1) is 0 Å². The highest BCUT2D eigenvalue weighted by Gasteiger charge is 2.19. The zero-order valence-electron chi connectivity index (χ0n) is 21.9. The number of amides is 1. The van der Waals surface area contributed by atoms with Crippen molar-refractivity contribution in [1.82, 2.24) is 14.5 Å². The number of carbonyl (C=O) groups excluding carboxylic acids is 1. The van der Waals surface area contributed by atoms with E-state index in [9.17, 15) is 14.0 Å². The van der Waals surface area contributed by atoms with E-state index >= 15 is 4.39 Å². The van der Waals surface area contributed by atoms with Crippen LogP contribution in [0.4, 0.5) is 8.78 Å². The minimum atomic E-state index is -0.711. The molecule has 2 heterocycles. The topological polar surface area (TPSA) is 67.6 Å². The average Bonchev–Trinajstić information content (AvgIpc) is 2.87. The van der Waals surface area contributed by atoms with Crippen LogP contribution < -0.4 is 5.56 Å². The summed E-state index contributed by atoms with van der Waals surface area (Å²) in [6.45, 7) is 5.42. The average molecular weight is 539 g/mol. The first kappa shape index (κ1) is 28.7. The molecule has 38 heavy (non-hydrogen) atoms. The highest BCUT2D eigenvalue weighted by molar-refractivity contribution is 6.31. The summed E-state index contributed by atoms with van der Waals surface area (Å²) in [5, 5.41) is 0.0359. The van der Waals surface area contributed by atoms with E-state index in [-0.39, 0.29) is 27.8 Å². The molecular weight excluding hydrogens is 510 g/mol. The maximum atomic E-state index is 15.4. The minimum absolute atomic E-state index is 0.0359. The summed E-state index contributed by atoms with van der Waals surface area (Å²) in [6, 6.07) is 7.70. The van der Waals surface area contributed by atoms with Crippen molar-refractivity contribution < 1.29 is 13.6 Å². The van der Waals surface area contributed by atoms with E-state index in [0.717, 1.165) is 6.20 Å². The van der Waals surface area contributed by atoms with Crippen molar-refractivity contribution >= 4 is 29.4 Å². The first-order valence-corrected chi connectivity index (χ1v) is 12.3. The standard InChI is InChI=1S/C29H29ClF2N4O2/c1-6-11-34-25(22-8-7-9-23(27(22)32)28(37)35(4)5)10-12-36-19(3)14-24(26(30)29(36)38)18(2)13-20-15-21(31)17-33-16-20/h6-12,14-18H,13H2,1-5H3/b11-6+,12-10+,34-25-. The number of allylic oxidation sites excluding steroid dienone is 2. The van der Waals surface area contributed by atoms with Gasteiger partial charge in [0.1, 0.15) is 16.7 Å². The molecule has 0 radical (unpaired) electrons. The third kappa shape index (κ3) is 6.50. The van der Waals surface area contributed by atoms with Crippen LogP contribution in [0.5, 0.6) is 0 Å². The lowest BCUT2D eigenvalue weighted by atomic mass is 9.94. The Hall–Kier alpha value is -3.91. The number of aliphatic imine (C=N–C) groups is 1. The molecule has 3 rings (SSSR count). The predicted octanol–water partition coefficient (Wildman–Crippen LogP) is 6.02. The second-order valence-electron chi connectivity index (χ2n) is 9.03. The Balaban J connectivity index is 2.00. The molecule has 2 aromatic heterocycles. The summed E-state index contributed by atoms with van der Waals surface area (Å²) in [4.78, 5) is 35.1. The Morgan fingerprint density at radius 3 is 2.58 bits per heavy atom. The van der Waals surface area contributed by atoms with Crippen molar-refractivity contribution in [3.05, 3.63) is 116 Å². The molecule has 0 fully saturated rings. The van der Waals surface area contributed by atoms with Gasteiger partial charge in [0.05, 0.1) is 17.5 Å². The zero-order chi connectivity index (χ0) is 28.0. The second-order valence-corrected chi connectivity index (χ2v) is 9.40. The molecule has 0 aliphatic carbocycles. The number of nitrogens with zero attached hydrogens (tertiary/aromatic N) is 4. The van der Waals surface area contributed by atoms with Crippen LogP contribution in [0.2, 0.25) is 5.02 Å². The number of hydrogen-bond donors (Lipinski definition) is 0. The number of carbonyl (C=O) groups is 1. The van der Waals surface area contributed by atoms with Crippen molar-refractivity contribution in [2.75, 3.05) is 14.1 Å². The molecule has 0 aliphatic rings. The largest absolute Gasteiger partial charge is 0.345 e. The highest BCUT2D eigenvalue weighted by atomic mass is 35.5. The first-order chi connectivity index (χ1) is 18.0. The molecule has 6 nitrogen and oxygen atoms in total. The lowest BCUT2D eigenvalue weighted by Gasteiger charge is -2.16. The van der Waals surface area contributed by atoms with E-state index < -0.39 is 23.1 Å². The summed E-state index contributed by atoms with van der Waals surface area (Å²) < 4.78 is 30.2. The van der Waals surface area contributed by atoms with Crippen molar-refractivity contribution in [1.29, 1.82) is 0 Å². The minimum Gasteiger partial charge on any atom is -0.345 e. The lowest BCUT2D eigenvalue weighted by Crippen LogP contribution is -2.23. The van der Waals surface area contributed by atoms with Crippen LogP contribution in [0.1, 0.15) is 52.5 Å². The molecule has 0 saturated heterocycles. The molecular formula is C29H29ClF2N4O2. The molecule has 0 N–H and O–H groups in total. The Morgan fingerprint density at radius 2 is 1.92 bits per heavy atom. The van der Waals surface area contributed by atoms with Crippen LogP contribution in [0.25, 0.3) is 6.20 Å². The van der Waals surface area contributed by atoms with Gasteiger partial charge in [-0.05, 0) is 67.7 Å². The van der Waals surface area contributed by atoms with E-state index in [1.54, 1.807) is 52.3 Å². The number of aromatic nitrogens is 2. The van der Waals surface area contributed by atoms with Crippen molar-refractivity contribution in [2.45, 2.75) is 33.1 Å². The Morgan fingerprint density at radius 1 is 1.21 bits per heavy atom. The monoisotopic (exact) mass is 538 g/mol. The summed E-state index contributed by atoms with van der Waals surface area (Å²) in [5.41, 5.74) is 1.70. The van der Waals surface area contributed by atoms with Crippen LogP contribution in [0.3, 0.4) is 0 Å². The molecule has 1 amide bonds. The quantitative estimate of drug-likeness (QED) is 0.329. The summed E-state index contributed by atoms with van der Waals surface area (Å²) in [5.74, 6) is -1.79. The van der Waals surface area contributed by atoms with Crippen LogP contribution in [-0.4, -0.2) is 40.2 Å². The number of aryl methyl sites for hydroxylation is 1. The van der Waals surface area contributed by atoms with Gasteiger partial charge in [-0.2, -0.15) is 0 Å². The normalized spacial score (nSPS) is 12.9. The Kier molecular flexibility index (Phi) is 9.47. The molecule has 9 heteroatoms. The molecule has 0 bridgehead atoms. The zero-order valence-corrected chi connectivity index (χ0v) is 22.6. The summed E-state index contributed by atoms with van der Waals surface area (Å²) >= 11 is 6.49. The molecule has 1 unspecified atom stereocenters. The van der Waals surface area contributed by atoms with Gasteiger partial charge >= 0.3 is 0 Å². The molecule has 0 spiro atoms. The molecule has 198 valence electrons. The Bertz CT molecular complexity index is 1490. The van der Waals surface area contributed by atoms with E-state index in [0.29, 0.717) is 23.2 Å². The third-order valence-electron chi connectivity index (χ3n) is 5.89. The van der Waals surface area contributed by atoms with Crippen LogP contribution >= 0.6 is 11.6 Å². The lowest BCUT2D eigenvalue weighted by molar-refractivity contribution is 0.0823.